The molecule has 0 saturated carbocycles. The van der Waals surface area contributed by atoms with Crippen molar-refractivity contribution in [3.63, 3.8) is 0 Å². The van der Waals surface area contributed by atoms with Gasteiger partial charge in [0.15, 0.2) is 11.7 Å². The third-order valence-electron chi connectivity index (χ3n) is 3.61. The number of para-hydroxylation sites is 1. The van der Waals surface area contributed by atoms with E-state index >= 15 is 0 Å². The van der Waals surface area contributed by atoms with Crippen LogP contribution in [0, 0.1) is 5.92 Å². The monoisotopic (exact) mass is 314 g/mol. The highest BCUT2D eigenvalue weighted by atomic mass is 16.2. The third-order valence-corrected chi connectivity index (χ3v) is 3.61. The molecule has 6 heteroatoms. The van der Waals surface area contributed by atoms with Crippen LogP contribution in [0.4, 0.5) is 10.5 Å². The molecule has 120 valence electrons. The van der Waals surface area contributed by atoms with E-state index in [1.807, 2.05) is 0 Å². The highest BCUT2D eigenvalue weighted by Crippen LogP contribution is 2.25. The van der Waals surface area contributed by atoms with Crippen molar-refractivity contribution in [1.82, 2.24) is 4.90 Å². The van der Waals surface area contributed by atoms with Gasteiger partial charge in [-0.15, -0.1) is 0 Å². The van der Waals surface area contributed by atoms with Crippen LogP contribution in [0.15, 0.2) is 42.5 Å². The lowest BCUT2D eigenvalue weighted by Crippen LogP contribution is -2.61. The number of anilines is 1. The molecule has 2 rings (SSSR count). The maximum atomic E-state index is 12.6. The Labute approximate surface area is 134 Å². The van der Waals surface area contributed by atoms with Gasteiger partial charge in [-0.05, 0) is 19.1 Å². The van der Waals surface area contributed by atoms with Gasteiger partial charge in [0.05, 0.1) is 5.69 Å². The number of benzene rings is 1. The predicted molar refractivity (Wildman–Crippen MR) is 84.6 cm³/mol. The van der Waals surface area contributed by atoms with Crippen LogP contribution in [0.3, 0.4) is 0 Å². The largest absolute Gasteiger partial charge is 0.338 e. The lowest BCUT2D eigenvalue weighted by molar-refractivity contribution is -0.145. The Balaban J connectivity index is 2.48. The molecule has 1 aliphatic heterocycles. The van der Waals surface area contributed by atoms with Crippen LogP contribution < -0.4 is 4.90 Å². The molecule has 1 aromatic rings. The van der Waals surface area contributed by atoms with Crippen molar-refractivity contribution in [2.45, 2.75) is 20.3 Å². The van der Waals surface area contributed by atoms with Crippen LogP contribution in [0.5, 0.6) is 0 Å². The summed E-state index contributed by atoms with van der Waals surface area (Å²) in [6, 6.07) is 7.56. The SMILES string of the molecule is CC=CCN1C(=O)C(C(=O)CC)C(=O)N(c2ccccc2)C1=O. The van der Waals surface area contributed by atoms with Gasteiger partial charge in [0.25, 0.3) is 11.8 Å². The number of urea groups is 1. The number of carbonyl (C=O) groups excluding carboxylic acids is 4. The summed E-state index contributed by atoms with van der Waals surface area (Å²) in [6.07, 6.45) is 3.37. The number of ketones is 1. The highest BCUT2D eigenvalue weighted by molar-refractivity contribution is 6.34. The molecule has 0 radical (unpaired) electrons. The topological polar surface area (TPSA) is 74.8 Å². The molecule has 0 aliphatic carbocycles. The van der Waals surface area contributed by atoms with Gasteiger partial charge < -0.3 is 0 Å². The standard InChI is InChI=1S/C17H18N2O4/c1-3-5-11-18-15(21)14(13(20)4-2)16(22)19(17(18)23)12-9-7-6-8-10-12/h3,5-10,14H,4,11H2,1-2H3. The Morgan fingerprint density at radius 2 is 1.78 bits per heavy atom. The molecule has 0 spiro atoms. The van der Waals surface area contributed by atoms with Crippen molar-refractivity contribution in [3.05, 3.63) is 42.5 Å². The number of nitrogens with zero attached hydrogens (tertiary/aromatic N) is 2. The molecule has 1 fully saturated rings. The summed E-state index contributed by atoms with van der Waals surface area (Å²) in [4.78, 5) is 51.5. The van der Waals surface area contributed by atoms with Crippen molar-refractivity contribution in [1.29, 1.82) is 0 Å². The zero-order chi connectivity index (χ0) is 17.0. The van der Waals surface area contributed by atoms with E-state index in [9.17, 15) is 19.2 Å². The maximum absolute atomic E-state index is 12.6. The van der Waals surface area contributed by atoms with E-state index in [0.717, 1.165) is 9.80 Å². The molecule has 6 nitrogen and oxygen atoms in total. The van der Waals surface area contributed by atoms with Gasteiger partial charge in [-0.3, -0.25) is 19.3 Å². The summed E-state index contributed by atoms with van der Waals surface area (Å²) in [5.74, 6) is -3.48. The van der Waals surface area contributed by atoms with Gasteiger partial charge in [-0.25, -0.2) is 9.69 Å². The van der Waals surface area contributed by atoms with Crippen LogP contribution in [0.25, 0.3) is 0 Å². The summed E-state index contributed by atoms with van der Waals surface area (Å²) in [6.45, 7) is 3.37. The zero-order valence-corrected chi connectivity index (χ0v) is 13.1. The fourth-order valence-electron chi connectivity index (χ4n) is 2.37. The van der Waals surface area contributed by atoms with Crippen molar-refractivity contribution < 1.29 is 19.2 Å². The number of barbiturate groups is 1. The first-order chi connectivity index (χ1) is 11.0. The number of hydrogen-bond acceptors (Lipinski definition) is 4. The second kappa shape index (κ2) is 7.00. The number of Topliss-reactive ketones (excluding diaryl/α,β-unsaturated/α-hetero) is 1. The molecule has 1 aromatic carbocycles. The van der Waals surface area contributed by atoms with Crippen molar-refractivity contribution in [2.75, 3.05) is 11.4 Å². The van der Waals surface area contributed by atoms with Crippen molar-refractivity contribution >= 4 is 29.3 Å². The van der Waals surface area contributed by atoms with Gasteiger partial charge in [-0.2, -0.15) is 0 Å². The number of allylic oxidation sites excluding steroid dienone is 1. The smallest absolute Gasteiger partial charge is 0.298 e. The molecule has 1 atom stereocenters. The Kier molecular flexibility index (Phi) is 5.05. The molecular formula is C17H18N2O4. The first-order valence-electron chi connectivity index (χ1n) is 7.41. The molecule has 1 unspecified atom stereocenters. The average molecular weight is 314 g/mol. The van der Waals surface area contributed by atoms with E-state index in [1.54, 1.807) is 56.3 Å². The summed E-state index contributed by atoms with van der Waals surface area (Å²) >= 11 is 0. The minimum atomic E-state index is -1.46. The fraction of sp³-hybridized carbons (Fsp3) is 0.294. The third kappa shape index (κ3) is 3.06. The number of hydrogen-bond donors (Lipinski definition) is 0. The number of imide groups is 2. The Bertz CT molecular complexity index is 666. The van der Waals surface area contributed by atoms with E-state index < -0.39 is 29.5 Å². The molecule has 0 aromatic heterocycles. The first kappa shape index (κ1) is 16.6. The fourth-order valence-corrected chi connectivity index (χ4v) is 2.37. The van der Waals surface area contributed by atoms with Crippen LogP contribution in [-0.2, 0) is 14.4 Å². The summed E-state index contributed by atoms with van der Waals surface area (Å²) in [5.41, 5.74) is 0.342. The zero-order valence-electron chi connectivity index (χ0n) is 13.1. The molecule has 1 saturated heterocycles. The number of rotatable bonds is 5. The van der Waals surface area contributed by atoms with E-state index in [0.29, 0.717) is 5.69 Å². The Morgan fingerprint density at radius 3 is 2.35 bits per heavy atom. The van der Waals surface area contributed by atoms with Crippen molar-refractivity contribution in [2.24, 2.45) is 5.92 Å². The van der Waals surface area contributed by atoms with Gasteiger partial charge in [0.2, 0.25) is 0 Å². The van der Waals surface area contributed by atoms with Crippen LogP contribution in [-0.4, -0.2) is 35.1 Å². The second-order valence-electron chi connectivity index (χ2n) is 5.06. The lowest BCUT2D eigenvalue weighted by atomic mass is 9.96. The first-order valence-corrected chi connectivity index (χ1v) is 7.41. The number of amides is 4. The normalized spacial score (nSPS) is 18.9. The van der Waals surface area contributed by atoms with Crippen LogP contribution in [0.1, 0.15) is 20.3 Å². The van der Waals surface area contributed by atoms with Gasteiger partial charge >= 0.3 is 6.03 Å². The van der Waals surface area contributed by atoms with E-state index in [1.165, 1.54) is 0 Å². The minimum Gasteiger partial charge on any atom is -0.298 e. The Morgan fingerprint density at radius 1 is 1.13 bits per heavy atom. The summed E-state index contributed by atoms with van der Waals surface area (Å²) in [5, 5.41) is 0. The van der Waals surface area contributed by atoms with E-state index in [2.05, 4.69) is 0 Å². The van der Waals surface area contributed by atoms with Crippen LogP contribution >= 0.6 is 0 Å². The predicted octanol–water partition coefficient (Wildman–Crippen LogP) is 2.15. The van der Waals surface area contributed by atoms with Gasteiger partial charge in [-0.1, -0.05) is 37.3 Å². The molecule has 23 heavy (non-hydrogen) atoms. The van der Waals surface area contributed by atoms with E-state index in [4.69, 9.17) is 0 Å². The maximum Gasteiger partial charge on any atom is 0.338 e. The summed E-state index contributed by atoms with van der Waals surface area (Å²) in [7, 11) is 0. The average Bonchev–Trinajstić information content (AvgIpc) is 2.55. The Hall–Kier alpha value is -2.76. The van der Waals surface area contributed by atoms with Gasteiger partial charge in [0.1, 0.15) is 0 Å². The quantitative estimate of drug-likeness (QED) is 0.616. The minimum absolute atomic E-state index is 0.0261. The lowest BCUT2D eigenvalue weighted by Gasteiger charge is -2.35. The molecular weight excluding hydrogens is 296 g/mol. The van der Waals surface area contributed by atoms with Crippen molar-refractivity contribution in [3.8, 4) is 0 Å². The molecule has 0 bridgehead atoms. The highest BCUT2D eigenvalue weighted by Gasteiger charge is 2.48. The molecule has 1 aliphatic rings. The second-order valence-corrected chi connectivity index (χ2v) is 5.06. The van der Waals surface area contributed by atoms with Gasteiger partial charge in [0, 0.05) is 13.0 Å². The number of carbonyl (C=O) groups is 4. The molecule has 0 N–H and O–H groups in total. The van der Waals surface area contributed by atoms with Crippen LogP contribution in [0.2, 0.25) is 0 Å². The van der Waals surface area contributed by atoms with E-state index in [-0.39, 0.29) is 13.0 Å². The summed E-state index contributed by atoms with van der Waals surface area (Å²) < 4.78 is 0. The molecule has 1 heterocycles. The molecule has 4 amide bonds.